The van der Waals surface area contributed by atoms with Gasteiger partial charge in [-0.2, -0.15) is 0 Å². The molecular formula is C50H30. The molecule has 0 heterocycles. The second-order valence-electron chi connectivity index (χ2n) is 13.8. The molecule has 0 spiro atoms. The Morgan fingerprint density at radius 1 is 0.160 bits per heavy atom. The highest BCUT2D eigenvalue weighted by atomic mass is 14.2. The third kappa shape index (κ3) is 4.19. The predicted molar refractivity (Wildman–Crippen MR) is 216 cm³/mol. The minimum absolute atomic E-state index is 1.21. The standard InChI is InChI=1S/C50H30/c1-2-7-31(8-3-1)42-28-44(30-46(29-42)45-26-40-21-17-34-11-5-12-35-18-22-41(27-45)50(40)48(34)35)37-14-6-13-36(23-37)43-24-38-19-15-32-9-4-10-33-16-20-39(25-43)49(38)47(32)33/h1-30H. The van der Waals surface area contributed by atoms with Crippen LogP contribution in [-0.4, -0.2) is 0 Å². The lowest BCUT2D eigenvalue weighted by Gasteiger charge is -2.15. The third-order valence-electron chi connectivity index (χ3n) is 10.8. The quantitative estimate of drug-likeness (QED) is 0.170. The van der Waals surface area contributed by atoms with Gasteiger partial charge in [0.25, 0.3) is 0 Å². The van der Waals surface area contributed by atoms with Gasteiger partial charge < -0.3 is 0 Å². The van der Waals surface area contributed by atoms with Crippen molar-refractivity contribution in [3.63, 3.8) is 0 Å². The van der Waals surface area contributed by atoms with Gasteiger partial charge in [-0.05, 0) is 158 Å². The topological polar surface area (TPSA) is 0 Å². The monoisotopic (exact) mass is 630 g/mol. The molecule has 0 bridgehead atoms. The van der Waals surface area contributed by atoms with Crippen molar-refractivity contribution in [2.24, 2.45) is 0 Å². The molecule has 0 nitrogen and oxygen atoms in total. The minimum Gasteiger partial charge on any atom is -0.0622 e. The van der Waals surface area contributed by atoms with E-state index in [-0.39, 0.29) is 0 Å². The van der Waals surface area contributed by atoms with Crippen LogP contribution in [0.15, 0.2) is 182 Å². The molecule has 0 fully saturated rings. The van der Waals surface area contributed by atoms with Crippen molar-refractivity contribution in [1.29, 1.82) is 0 Å². The van der Waals surface area contributed by atoms with Gasteiger partial charge in [0.05, 0.1) is 0 Å². The molecule has 0 radical (unpaired) electrons. The lowest BCUT2D eigenvalue weighted by molar-refractivity contribution is 1.57. The number of hydrogen-bond acceptors (Lipinski definition) is 0. The highest BCUT2D eigenvalue weighted by Crippen LogP contribution is 2.41. The zero-order chi connectivity index (χ0) is 32.8. The highest BCUT2D eigenvalue weighted by molar-refractivity contribution is 6.25. The molecule has 11 aromatic rings. The van der Waals surface area contributed by atoms with Gasteiger partial charge in [0.2, 0.25) is 0 Å². The van der Waals surface area contributed by atoms with Crippen LogP contribution in [0.3, 0.4) is 0 Å². The molecule has 0 unspecified atom stereocenters. The van der Waals surface area contributed by atoms with Gasteiger partial charge in [-0.3, -0.25) is 0 Å². The van der Waals surface area contributed by atoms with Gasteiger partial charge in [0.1, 0.15) is 0 Å². The Morgan fingerprint density at radius 2 is 0.440 bits per heavy atom. The van der Waals surface area contributed by atoms with Crippen LogP contribution >= 0.6 is 0 Å². The van der Waals surface area contributed by atoms with E-state index in [2.05, 4.69) is 182 Å². The first kappa shape index (κ1) is 27.5. The van der Waals surface area contributed by atoms with Crippen LogP contribution in [0.1, 0.15) is 0 Å². The van der Waals surface area contributed by atoms with Crippen molar-refractivity contribution in [2.75, 3.05) is 0 Å². The van der Waals surface area contributed by atoms with Gasteiger partial charge in [-0.25, -0.2) is 0 Å². The van der Waals surface area contributed by atoms with E-state index in [1.54, 1.807) is 0 Å². The Morgan fingerprint density at radius 3 is 0.900 bits per heavy atom. The van der Waals surface area contributed by atoms with Crippen LogP contribution in [0, 0.1) is 0 Å². The summed E-state index contributed by atoms with van der Waals surface area (Å²) in [7, 11) is 0. The van der Waals surface area contributed by atoms with Gasteiger partial charge in [0, 0.05) is 0 Å². The third-order valence-corrected chi connectivity index (χ3v) is 10.8. The van der Waals surface area contributed by atoms with Crippen molar-refractivity contribution >= 4 is 64.6 Å². The second-order valence-corrected chi connectivity index (χ2v) is 13.8. The molecular weight excluding hydrogens is 601 g/mol. The summed E-state index contributed by atoms with van der Waals surface area (Å²) in [6.07, 6.45) is 0. The number of rotatable bonds is 4. The van der Waals surface area contributed by atoms with E-state index in [9.17, 15) is 0 Å². The Balaban J connectivity index is 1.08. The van der Waals surface area contributed by atoms with Gasteiger partial charge in [-0.1, -0.05) is 133 Å². The number of benzene rings is 11. The largest absolute Gasteiger partial charge is 0.0622 e. The molecule has 0 heteroatoms. The van der Waals surface area contributed by atoms with Crippen LogP contribution in [0.4, 0.5) is 0 Å². The summed E-state index contributed by atoms with van der Waals surface area (Å²) in [4.78, 5) is 0. The fraction of sp³-hybridized carbons (Fsp3) is 0. The van der Waals surface area contributed by atoms with Crippen molar-refractivity contribution < 1.29 is 0 Å². The smallest absolute Gasteiger partial charge is 0.00264 e. The molecule has 0 N–H and O–H groups in total. The molecule has 50 heavy (non-hydrogen) atoms. The van der Waals surface area contributed by atoms with E-state index in [0.29, 0.717) is 0 Å². The molecule has 0 aliphatic rings. The Hall–Kier alpha value is -6.50. The van der Waals surface area contributed by atoms with Crippen LogP contribution in [-0.2, 0) is 0 Å². The lowest BCUT2D eigenvalue weighted by atomic mass is 9.88. The molecule has 11 rings (SSSR count). The second kappa shape index (κ2) is 10.5. The molecule has 0 saturated carbocycles. The SMILES string of the molecule is c1ccc(-c2cc(-c3cccc(-c4cc5ccc6cccc7ccc(c4)c5c67)c3)cc(-c3cc4ccc5cccc6ccc(c3)c4c56)c2)cc1. The summed E-state index contributed by atoms with van der Waals surface area (Å²) in [5.41, 5.74) is 9.79. The van der Waals surface area contributed by atoms with Crippen LogP contribution in [0.25, 0.3) is 109 Å². The fourth-order valence-electron chi connectivity index (χ4n) is 8.48. The summed E-state index contributed by atoms with van der Waals surface area (Å²) in [6.45, 7) is 0. The van der Waals surface area contributed by atoms with Gasteiger partial charge >= 0.3 is 0 Å². The highest BCUT2D eigenvalue weighted by Gasteiger charge is 2.14. The summed E-state index contributed by atoms with van der Waals surface area (Å²) >= 11 is 0. The van der Waals surface area contributed by atoms with Crippen molar-refractivity contribution in [2.45, 2.75) is 0 Å². The first-order chi connectivity index (χ1) is 24.7. The summed E-state index contributed by atoms with van der Waals surface area (Å²) in [5, 5.41) is 15.8. The van der Waals surface area contributed by atoms with Crippen molar-refractivity contribution in [1.82, 2.24) is 0 Å². The zero-order valence-electron chi connectivity index (χ0n) is 27.3. The molecule has 11 aromatic carbocycles. The Labute approximate surface area is 290 Å². The zero-order valence-corrected chi connectivity index (χ0v) is 27.3. The molecule has 0 saturated heterocycles. The first-order valence-corrected chi connectivity index (χ1v) is 17.4. The minimum atomic E-state index is 1.21. The fourth-order valence-corrected chi connectivity index (χ4v) is 8.48. The Kier molecular flexibility index (Phi) is 5.76. The first-order valence-electron chi connectivity index (χ1n) is 17.4. The van der Waals surface area contributed by atoms with E-state index in [0.717, 1.165) is 0 Å². The molecule has 0 aliphatic heterocycles. The summed E-state index contributed by atoms with van der Waals surface area (Å²) < 4.78 is 0. The number of hydrogen-bond donors (Lipinski definition) is 0. The summed E-state index contributed by atoms with van der Waals surface area (Å²) in [5.74, 6) is 0. The average molecular weight is 631 g/mol. The van der Waals surface area contributed by atoms with Crippen molar-refractivity contribution in [3.8, 4) is 44.5 Å². The lowest BCUT2D eigenvalue weighted by Crippen LogP contribution is -1.89. The maximum Gasteiger partial charge on any atom is -0.00264 e. The van der Waals surface area contributed by atoms with E-state index < -0.39 is 0 Å². The van der Waals surface area contributed by atoms with Crippen molar-refractivity contribution in [3.05, 3.63) is 182 Å². The molecule has 0 aromatic heterocycles. The van der Waals surface area contributed by atoms with E-state index in [1.807, 2.05) is 0 Å². The van der Waals surface area contributed by atoms with E-state index in [1.165, 1.54) is 109 Å². The van der Waals surface area contributed by atoms with Gasteiger partial charge in [-0.15, -0.1) is 0 Å². The molecule has 230 valence electrons. The molecule has 0 aliphatic carbocycles. The molecule has 0 amide bonds. The van der Waals surface area contributed by atoms with E-state index >= 15 is 0 Å². The van der Waals surface area contributed by atoms with E-state index in [4.69, 9.17) is 0 Å². The average Bonchev–Trinajstić information content (AvgIpc) is 3.19. The van der Waals surface area contributed by atoms with Crippen LogP contribution < -0.4 is 0 Å². The van der Waals surface area contributed by atoms with Gasteiger partial charge in [0.15, 0.2) is 0 Å². The maximum absolute atomic E-state index is 2.38. The van der Waals surface area contributed by atoms with Crippen LogP contribution in [0.5, 0.6) is 0 Å². The predicted octanol–water partition coefficient (Wildman–Crippen LogP) is 14.1. The van der Waals surface area contributed by atoms with Crippen LogP contribution in [0.2, 0.25) is 0 Å². The summed E-state index contributed by atoms with van der Waals surface area (Å²) in [6, 6.07) is 67.8. The maximum atomic E-state index is 2.38. The Bertz CT molecular complexity index is 2950. The normalized spacial score (nSPS) is 12.0. The molecule has 0 atom stereocenters.